The Morgan fingerprint density at radius 2 is 1.72 bits per heavy atom. The van der Waals surface area contributed by atoms with Crippen molar-refractivity contribution in [3.63, 3.8) is 0 Å². The Labute approximate surface area is 165 Å². The smallest absolute Gasteiger partial charge is 0.322 e. The van der Waals surface area contributed by atoms with Gasteiger partial charge in [-0.05, 0) is 53.9 Å². The van der Waals surface area contributed by atoms with Crippen LogP contribution in [0.3, 0.4) is 0 Å². The molecule has 1 amide bonds. The fraction of sp³-hybridized carbons (Fsp3) is 0.130. The lowest BCUT2D eigenvalue weighted by Gasteiger charge is -2.12. The molecule has 0 radical (unpaired) electrons. The molecule has 1 N–H and O–H groups in total. The summed E-state index contributed by atoms with van der Waals surface area (Å²) in [6, 6.07) is 17.2. The number of nitrogens with one attached hydrogen (secondary N) is 1. The van der Waals surface area contributed by atoms with Gasteiger partial charge in [0.25, 0.3) is 5.91 Å². The monoisotopic (exact) mass is 394 g/mol. The van der Waals surface area contributed by atoms with Gasteiger partial charge in [-0.3, -0.25) is 9.79 Å². The number of benzene rings is 3. The standard InChI is InChI=1S/C23H17F3N2O/c1-14-12-16-8-11-18(13-21(16)27-14)28-22(29)20-5-3-2-4-19(20)15-6-9-17(10-7-15)23(24,25)26/h2-11,13H,12H2,1H3,(H,28,29). The van der Waals surface area contributed by atoms with E-state index < -0.39 is 11.7 Å². The van der Waals surface area contributed by atoms with Gasteiger partial charge < -0.3 is 5.32 Å². The van der Waals surface area contributed by atoms with Crippen LogP contribution in [-0.4, -0.2) is 11.6 Å². The summed E-state index contributed by atoms with van der Waals surface area (Å²) < 4.78 is 38.5. The first-order valence-electron chi connectivity index (χ1n) is 9.06. The van der Waals surface area contributed by atoms with Crippen molar-refractivity contribution in [2.24, 2.45) is 4.99 Å². The minimum Gasteiger partial charge on any atom is -0.322 e. The average Bonchev–Trinajstić information content (AvgIpc) is 3.06. The van der Waals surface area contributed by atoms with E-state index in [9.17, 15) is 18.0 Å². The van der Waals surface area contributed by atoms with Crippen molar-refractivity contribution in [2.75, 3.05) is 5.32 Å². The molecule has 146 valence electrons. The summed E-state index contributed by atoms with van der Waals surface area (Å²) in [5.74, 6) is -0.334. The van der Waals surface area contributed by atoms with Gasteiger partial charge in [0.2, 0.25) is 0 Å². The summed E-state index contributed by atoms with van der Waals surface area (Å²) in [4.78, 5) is 17.3. The Morgan fingerprint density at radius 1 is 1.00 bits per heavy atom. The van der Waals surface area contributed by atoms with Gasteiger partial charge in [-0.1, -0.05) is 36.4 Å². The van der Waals surface area contributed by atoms with Gasteiger partial charge in [0.15, 0.2) is 0 Å². The molecule has 4 rings (SSSR count). The first kappa shape index (κ1) is 18.9. The van der Waals surface area contributed by atoms with Gasteiger partial charge in [0.05, 0.1) is 11.3 Å². The molecular formula is C23H17F3N2O. The molecule has 0 saturated carbocycles. The molecule has 0 aliphatic carbocycles. The first-order valence-corrected chi connectivity index (χ1v) is 9.06. The quantitative estimate of drug-likeness (QED) is 0.559. The number of aliphatic imine (C=N–C) groups is 1. The molecule has 0 fully saturated rings. The molecule has 6 heteroatoms. The van der Waals surface area contributed by atoms with Gasteiger partial charge in [-0.15, -0.1) is 0 Å². The van der Waals surface area contributed by atoms with E-state index in [1.165, 1.54) is 12.1 Å². The maximum Gasteiger partial charge on any atom is 0.416 e. The third-order valence-electron chi connectivity index (χ3n) is 4.80. The number of amides is 1. The number of anilines is 1. The average molecular weight is 394 g/mol. The topological polar surface area (TPSA) is 41.5 Å². The van der Waals surface area contributed by atoms with Crippen LogP contribution in [0.4, 0.5) is 24.5 Å². The number of carbonyl (C=O) groups is 1. The fourth-order valence-corrected chi connectivity index (χ4v) is 3.39. The summed E-state index contributed by atoms with van der Waals surface area (Å²) in [6.45, 7) is 1.96. The van der Waals surface area contributed by atoms with Crippen molar-refractivity contribution in [1.82, 2.24) is 0 Å². The summed E-state index contributed by atoms with van der Waals surface area (Å²) in [5.41, 5.74) is 4.36. The predicted molar refractivity (Wildman–Crippen MR) is 108 cm³/mol. The highest BCUT2D eigenvalue weighted by Gasteiger charge is 2.30. The van der Waals surface area contributed by atoms with E-state index in [2.05, 4.69) is 10.3 Å². The third kappa shape index (κ3) is 3.92. The maximum absolute atomic E-state index is 12.9. The lowest BCUT2D eigenvalue weighted by Crippen LogP contribution is -2.13. The van der Waals surface area contributed by atoms with Gasteiger partial charge in [-0.2, -0.15) is 13.2 Å². The molecule has 29 heavy (non-hydrogen) atoms. The van der Waals surface area contributed by atoms with Gasteiger partial charge in [0, 0.05) is 23.4 Å². The Balaban J connectivity index is 1.61. The second-order valence-corrected chi connectivity index (χ2v) is 6.94. The second-order valence-electron chi connectivity index (χ2n) is 6.94. The molecular weight excluding hydrogens is 377 g/mol. The van der Waals surface area contributed by atoms with Crippen molar-refractivity contribution in [1.29, 1.82) is 0 Å². The lowest BCUT2D eigenvalue weighted by atomic mass is 9.98. The first-order chi connectivity index (χ1) is 13.8. The van der Waals surface area contributed by atoms with Crippen molar-refractivity contribution >= 4 is 23.0 Å². The largest absolute Gasteiger partial charge is 0.416 e. The maximum atomic E-state index is 12.9. The second kappa shape index (κ2) is 7.20. The lowest BCUT2D eigenvalue weighted by molar-refractivity contribution is -0.137. The van der Waals surface area contributed by atoms with E-state index in [1.54, 1.807) is 24.3 Å². The van der Waals surface area contributed by atoms with Crippen LogP contribution in [0.5, 0.6) is 0 Å². The van der Waals surface area contributed by atoms with Crippen LogP contribution >= 0.6 is 0 Å². The summed E-state index contributed by atoms with van der Waals surface area (Å²) >= 11 is 0. The number of hydrogen-bond acceptors (Lipinski definition) is 2. The van der Waals surface area contributed by atoms with E-state index in [4.69, 9.17) is 0 Å². The van der Waals surface area contributed by atoms with Crippen LogP contribution in [-0.2, 0) is 12.6 Å². The van der Waals surface area contributed by atoms with Crippen LogP contribution in [0.1, 0.15) is 28.4 Å². The van der Waals surface area contributed by atoms with Crippen molar-refractivity contribution in [2.45, 2.75) is 19.5 Å². The van der Waals surface area contributed by atoms with E-state index in [0.29, 0.717) is 22.4 Å². The minimum atomic E-state index is -4.40. The molecule has 1 aliphatic heterocycles. The minimum absolute atomic E-state index is 0.334. The molecule has 0 bridgehead atoms. The zero-order valence-corrected chi connectivity index (χ0v) is 15.5. The summed E-state index contributed by atoms with van der Waals surface area (Å²) in [7, 11) is 0. The Kier molecular flexibility index (Phi) is 4.70. The number of rotatable bonds is 3. The van der Waals surface area contributed by atoms with E-state index in [0.717, 1.165) is 35.5 Å². The third-order valence-corrected chi connectivity index (χ3v) is 4.80. The highest BCUT2D eigenvalue weighted by atomic mass is 19.4. The molecule has 3 aromatic rings. The van der Waals surface area contributed by atoms with E-state index in [1.807, 2.05) is 25.1 Å². The predicted octanol–water partition coefficient (Wildman–Crippen LogP) is 6.27. The Bertz CT molecular complexity index is 1120. The number of alkyl halides is 3. The van der Waals surface area contributed by atoms with Crippen molar-refractivity contribution < 1.29 is 18.0 Å². The molecule has 3 nitrogen and oxygen atoms in total. The van der Waals surface area contributed by atoms with E-state index in [-0.39, 0.29) is 5.91 Å². The molecule has 0 spiro atoms. The highest BCUT2D eigenvalue weighted by Crippen LogP contribution is 2.33. The zero-order valence-electron chi connectivity index (χ0n) is 15.5. The molecule has 0 atom stereocenters. The zero-order chi connectivity index (χ0) is 20.6. The Morgan fingerprint density at radius 3 is 2.45 bits per heavy atom. The number of hydrogen-bond donors (Lipinski definition) is 1. The molecule has 0 unspecified atom stereocenters. The van der Waals surface area contributed by atoms with Gasteiger partial charge >= 0.3 is 6.18 Å². The fourth-order valence-electron chi connectivity index (χ4n) is 3.39. The SMILES string of the molecule is CC1=Nc2cc(NC(=O)c3ccccc3-c3ccc(C(F)(F)F)cc3)ccc2C1. The molecule has 1 heterocycles. The number of fused-ring (bicyclic) bond motifs is 1. The van der Waals surface area contributed by atoms with Gasteiger partial charge in [-0.25, -0.2) is 0 Å². The molecule has 0 aromatic heterocycles. The van der Waals surface area contributed by atoms with Crippen LogP contribution in [0.15, 0.2) is 71.7 Å². The number of halogens is 3. The van der Waals surface area contributed by atoms with Crippen molar-refractivity contribution in [3.8, 4) is 11.1 Å². The summed E-state index contributed by atoms with van der Waals surface area (Å²) in [6.07, 6.45) is -3.59. The van der Waals surface area contributed by atoms with Crippen LogP contribution in [0.2, 0.25) is 0 Å². The number of carbonyl (C=O) groups excluding carboxylic acids is 1. The van der Waals surface area contributed by atoms with Crippen LogP contribution in [0, 0.1) is 0 Å². The normalized spacial score (nSPS) is 13.0. The van der Waals surface area contributed by atoms with Crippen LogP contribution in [0.25, 0.3) is 11.1 Å². The summed E-state index contributed by atoms with van der Waals surface area (Å²) in [5, 5.41) is 2.86. The van der Waals surface area contributed by atoms with Crippen LogP contribution < -0.4 is 5.32 Å². The molecule has 0 saturated heterocycles. The van der Waals surface area contributed by atoms with Crippen molar-refractivity contribution in [3.05, 3.63) is 83.4 Å². The molecule has 1 aliphatic rings. The van der Waals surface area contributed by atoms with E-state index >= 15 is 0 Å². The Hall–Kier alpha value is -3.41. The molecule has 3 aromatic carbocycles. The van der Waals surface area contributed by atoms with Gasteiger partial charge in [0.1, 0.15) is 0 Å². The number of nitrogens with zero attached hydrogens (tertiary/aromatic N) is 1. The highest BCUT2D eigenvalue weighted by molar-refractivity contribution is 6.09.